The second kappa shape index (κ2) is 5.20. The van der Waals surface area contributed by atoms with Gasteiger partial charge in [-0.2, -0.15) is 0 Å². The minimum Gasteiger partial charge on any atom is -0.498 e. The number of esters is 2. The van der Waals surface area contributed by atoms with Crippen molar-refractivity contribution in [3.05, 3.63) is 53.3 Å². The summed E-state index contributed by atoms with van der Waals surface area (Å²) >= 11 is 0. The van der Waals surface area contributed by atoms with E-state index in [-0.39, 0.29) is 0 Å². The van der Waals surface area contributed by atoms with Crippen LogP contribution in [0.3, 0.4) is 0 Å². The van der Waals surface area contributed by atoms with Crippen molar-refractivity contribution in [2.75, 3.05) is 21.3 Å². The maximum Gasteiger partial charge on any atom is 0.320 e. The van der Waals surface area contributed by atoms with Crippen molar-refractivity contribution in [1.29, 1.82) is 0 Å². The molecule has 1 aromatic rings. The molecule has 4 atom stereocenters. The third kappa shape index (κ3) is 1.63. The lowest BCUT2D eigenvalue weighted by Crippen LogP contribution is -2.56. The number of ether oxygens (including phenoxy) is 4. The molecular weight excluding hydrogens is 324 g/mol. The van der Waals surface area contributed by atoms with Gasteiger partial charge in [-0.3, -0.25) is 9.59 Å². The van der Waals surface area contributed by atoms with Crippen molar-refractivity contribution >= 4 is 18.0 Å². The van der Waals surface area contributed by atoms with Crippen molar-refractivity contribution in [2.24, 2.45) is 11.3 Å². The number of carbonyl (C=O) groups is 2. The average molecular weight is 342 g/mol. The number of hydrogen-bond donors (Lipinski definition) is 0. The Labute approximate surface area is 145 Å². The zero-order valence-corrected chi connectivity index (χ0v) is 14.1. The Kier molecular flexibility index (Phi) is 3.30. The highest BCUT2D eigenvalue weighted by molar-refractivity contribution is 5.94. The average Bonchev–Trinajstić information content (AvgIpc) is 3.18. The molecule has 1 fully saturated rings. The predicted molar refractivity (Wildman–Crippen MR) is 87.1 cm³/mol. The van der Waals surface area contributed by atoms with Crippen molar-refractivity contribution in [1.82, 2.24) is 0 Å². The third-order valence-corrected chi connectivity index (χ3v) is 5.44. The Balaban J connectivity index is 2.07. The van der Waals surface area contributed by atoms with E-state index in [4.69, 9.17) is 18.9 Å². The minimum absolute atomic E-state index is 0.500. The fourth-order valence-corrected chi connectivity index (χ4v) is 4.50. The van der Waals surface area contributed by atoms with E-state index in [2.05, 4.69) is 0 Å². The standard InChI is InChI=1S/C19H18O6/c1-22-14-10-13-15(16(20)23-2)18(17(21)24-3)9-8-11-6-4-5-7-12(11)19(14,18)25-13/h4-10,13,15H,1-3H3/t13-,15-,18-,19+/m1/s1. The monoisotopic (exact) mass is 342 g/mol. The first-order chi connectivity index (χ1) is 12.1. The molecule has 0 N–H and O–H groups in total. The van der Waals surface area contributed by atoms with Crippen LogP contribution in [0.5, 0.6) is 0 Å². The smallest absolute Gasteiger partial charge is 0.320 e. The van der Waals surface area contributed by atoms with Crippen LogP contribution in [0, 0.1) is 11.3 Å². The summed E-state index contributed by atoms with van der Waals surface area (Å²) in [6.45, 7) is 0. The van der Waals surface area contributed by atoms with E-state index < -0.39 is 35.0 Å². The molecule has 1 saturated heterocycles. The highest BCUT2D eigenvalue weighted by atomic mass is 16.6. The maximum atomic E-state index is 13.0. The highest BCUT2D eigenvalue weighted by Gasteiger charge is 2.77. The van der Waals surface area contributed by atoms with Crippen LogP contribution in [0.4, 0.5) is 0 Å². The summed E-state index contributed by atoms with van der Waals surface area (Å²) in [7, 11) is 4.13. The Bertz CT molecular complexity index is 825. The fourth-order valence-electron chi connectivity index (χ4n) is 4.50. The van der Waals surface area contributed by atoms with Crippen LogP contribution in [-0.2, 0) is 34.1 Å². The molecule has 25 heavy (non-hydrogen) atoms. The summed E-state index contributed by atoms with van der Waals surface area (Å²) in [5, 5.41) is 0. The van der Waals surface area contributed by atoms with Crippen LogP contribution >= 0.6 is 0 Å². The molecule has 2 bridgehead atoms. The van der Waals surface area contributed by atoms with Gasteiger partial charge in [0.05, 0.1) is 27.4 Å². The molecule has 130 valence electrons. The second-order valence-electron chi connectivity index (χ2n) is 6.28. The van der Waals surface area contributed by atoms with Gasteiger partial charge in [0, 0.05) is 5.56 Å². The molecule has 0 radical (unpaired) electrons. The van der Waals surface area contributed by atoms with Gasteiger partial charge in [0.15, 0.2) is 5.60 Å². The van der Waals surface area contributed by atoms with Gasteiger partial charge in [0.25, 0.3) is 0 Å². The lowest BCUT2D eigenvalue weighted by Gasteiger charge is -2.45. The summed E-state index contributed by atoms with van der Waals surface area (Å²) in [5.41, 5.74) is -0.960. The molecule has 0 saturated carbocycles. The molecule has 2 aliphatic heterocycles. The van der Waals surface area contributed by atoms with Gasteiger partial charge in [0.2, 0.25) is 0 Å². The molecule has 0 amide bonds. The molecule has 3 aliphatic rings. The largest absolute Gasteiger partial charge is 0.498 e. The van der Waals surface area contributed by atoms with E-state index in [0.29, 0.717) is 5.76 Å². The SMILES string of the molecule is COC(=O)[C@H]1[C@H]2C=C(OC)[C@@]3(O2)c2ccccc2C=C[C@]13C(=O)OC. The van der Waals surface area contributed by atoms with Crippen molar-refractivity contribution in [3.8, 4) is 0 Å². The van der Waals surface area contributed by atoms with Gasteiger partial charge in [-0.05, 0) is 11.6 Å². The molecule has 6 nitrogen and oxygen atoms in total. The van der Waals surface area contributed by atoms with Crippen LogP contribution in [0.15, 0.2) is 42.2 Å². The molecule has 1 aromatic carbocycles. The number of rotatable bonds is 3. The molecule has 1 spiro atoms. The lowest BCUT2D eigenvalue weighted by molar-refractivity contribution is -0.168. The molecule has 2 heterocycles. The highest BCUT2D eigenvalue weighted by Crippen LogP contribution is 2.67. The Hall–Kier alpha value is -2.60. The van der Waals surface area contributed by atoms with Crippen LogP contribution in [0.2, 0.25) is 0 Å². The van der Waals surface area contributed by atoms with E-state index in [9.17, 15) is 9.59 Å². The van der Waals surface area contributed by atoms with Gasteiger partial charge >= 0.3 is 11.9 Å². The quantitative estimate of drug-likeness (QED) is 0.780. The third-order valence-electron chi connectivity index (χ3n) is 5.44. The first-order valence-corrected chi connectivity index (χ1v) is 7.96. The van der Waals surface area contributed by atoms with E-state index in [1.807, 2.05) is 30.3 Å². The minimum atomic E-state index is -1.38. The van der Waals surface area contributed by atoms with E-state index in [0.717, 1.165) is 11.1 Å². The summed E-state index contributed by atoms with van der Waals surface area (Å²) < 4.78 is 22.0. The van der Waals surface area contributed by atoms with Crippen LogP contribution in [-0.4, -0.2) is 39.4 Å². The molecule has 0 aromatic heterocycles. The van der Waals surface area contributed by atoms with E-state index in [1.165, 1.54) is 21.3 Å². The zero-order valence-electron chi connectivity index (χ0n) is 14.1. The molecule has 0 unspecified atom stereocenters. The molecular formula is C19H18O6. The predicted octanol–water partition coefficient (Wildman–Crippen LogP) is 1.80. The van der Waals surface area contributed by atoms with Gasteiger partial charge < -0.3 is 18.9 Å². The molecule has 4 rings (SSSR count). The summed E-state index contributed by atoms with van der Waals surface area (Å²) in [6, 6.07) is 7.58. The normalized spacial score (nSPS) is 34.0. The fraction of sp³-hybridized carbons (Fsp3) is 0.368. The Morgan fingerprint density at radius 2 is 1.88 bits per heavy atom. The summed E-state index contributed by atoms with van der Waals surface area (Å²) in [6.07, 6.45) is 4.63. The van der Waals surface area contributed by atoms with Crippen molar-refractivity contribution in [2.45, 2.75) is 11.7 Å². The van der Waals surface area contributed by atoms with Gasteiger partial charge in [-0.1, -0.05) is 36.4 Å². The first kappa shape index (κ1) is 15.9. The van der Waals surface area contributed by atoms with Crippen LogP contribution in [0.25, 0.3) is 6.08 Å². The molecule has 1 aliphatic carbocycles. The summed E-state index contributed by atoms with van der Waals surface area (Å²) in [5.74, 6) is -1.43. The number of methoxy groups -OCH3 is 3. The first-order valence-electron chi connectivity index (χ1n) is 7.96. The number of carbonyl (C=O) groups excluding carboxylic acids is 2. The number of fused-ring (bicyclic) bond motifs is 2. The van der Waals surface area contributed by atoms with E-state index in [1.54, 1.807) is 12.2 Å². The second-order valence-corrected chi connectivity index (χ2v) is 6.28. The topological polar surface area (TPSA) is 71.1 Å². The Morgan fingerprint density at radius 3 is 2.56 bits per heavy atom. The van der Waals surface area contributed by atoms with Gasteiger partial charge in [-0.15, -0.1) is 0 Å². The van der Waals surface area contributed by atoms with Crippen molar-refractivity contribution < 1.29 is 28.5 Å². The van der Waals surface area contributed by atoms with Crippen LogP contribution < -0.4 is 0 Å². The number of hydrogen-bond acceptors (Lipinski definition) is 6. The van der Waals surface area contributed by atoms with Crippen molar-refractivity contribution in [3.63, 3.8) is 0 Å². The van der Waals surface area contributed by atoms with E-state index >= 15 is 0 Å². The maximum absolute atomic E-state index is 13.0. The zero-order chi connectivity index (χ0) is 17.8. The van der Waals surface area contributed by atoms with Crippen LogP contribution in [0.1, 0.15) is 11.1 Å². The summed E-state index contributed by atoms with van der Waals surface area (Å²) in [4.78, 5) is 25.6. The molecule has 6 heteroatoms. The van der Waals surface area contributed by atoms with Gasteiger partial charge in [0.1, 0.15) is 17.1 Å². The number of benzene rings is 1. The Morgan fingerprint density at radius 1 is 1.12 bits per heavy atom. The van der Waals surface area contributed by atoms with Gasteiger partial charge in [-0.25, -0.2) is 0 Å². The lowest BCUT2D eigenvalue weighted by atomic mass is 9.56.